The van der Waals surface area contributed by atoms with Gasteiger partial charge in [0.1, 0.15) is 0 Å². The number of hydrogen-bond donors (Lipinski definition) is 1. The van der Waals surface area contributed by atoms with Crippen LogP contribution in [0.3, 0.4) is 0 Å². The molecule has 2 heterocycles. The fourth-order valence-corrected chi connectivity index (χ4v) is 3.74. The first kappa shape index (κ1) is 20.3. The standard InChI is InChI=1S/C17H21Cl2N3O2.ClH/c18-12-4-5-13(14(19)11-12)16(23)21-7-9-22(10-8-21)17(24)15-3-1-2-6-20-15;/h4-5,11,15,20H,1-3,6-10H2;1H. The Balaban J connectivity index is 0.00000225. The lowest BCUT2D eigenvalue weighted by molar-refractivity contribution is -0.135. The molecule has 3 rings (SSSR count). The lowest BCUT2D eigenvalue weighted by atomic mass is 10.0. The highest BCUT2D eigenvalue weighted by atomic mass is 35.5. The second-order valence-corrected chi connectivity index (χ2v) is 7.09. The van der Waals surface area contributed by atoms with Crippen molar-refractivity contribution in [3.8, 4) is 0 Å². The van der Waals surface area contributed by atoms with E-state index in [9.17, 15) is 9.59 Å². The summed E-state index contributed by atoms with van der Waals surface area (Å²) in [5.74, 6) is 0.0471. The number of nitrogens with zero attached hydrogens (tertiary/aromatic N) is 2. The van der Waals surface area contributed by atoms with Crippen molar-refractivity contribution in [1.82, 2.24) is 15.1 Å². The van der Waals surface area contributed by atoms with Crippen LogP contribution in [0.2, 0.25) is 10.0 Å². The van der Waals surface area contributed by atoms with Gasteiger partial charge >= 0.3 is 0 Å². The van der Waals surface area contributed by atoms with Crippen LogP contribution in [0.25, 0.3) is 0 Å². The lowest BCUT2D eigenvalue weighted by Gasteiger charge is -2.37. The molecule has 0 aromatic heterocycles. The van der Waals surface area contributed by atoms with Crippen LogP contribution in [0.1, 0.15) is 29.6 Å². The zero-order valence-electron chi connectivity index (χ0n) is 13.8. The summed E-state index contributed by atoms with van der Waals surface area (Å²) in [5, 5.41) is 4.15. The monoisotopic (exact) mass is 405 g/mol. The molecule has 0 aliphatic carbocycles. The molecule has 1 N–H and O–H groups in total. The molecule has 2 fully saturated rings. The second-order valence-electron chi connectivity index (χ2n) is 6.24. The number of halogens is 3. The SMILES string of the molecule is Cl.O=C(c1ccc(Cl)cc1Cl)N1CCN(C(=O)C2CCCCN2)CC1. The zero-order chi connectivity index (χ0) is 17.1. The Hall–Kier alpha value is -1.01. The molecule has 0 spiro atoms. The van der Waals surface area contributed by atoms with Crippen molar-refractivity contribution in [2.24, 2.45) is 0 Å². The Morgan fingerprint density at radius 2 is 1.72 bits per heavy atom. The van der Waals surface area contributed by atoms with Gasteiger partial charge in [0.2, 0.25) is 5.91 Å². The zero-order valence-corrected chi connectivity index (χ0v) is 16.2. The van der Waals surface area contributed by atoms with E-state index < -0.39 is 0 Å². The molecular weight excluding hydrogens is 385 g/mol. The first-order valence-electron chi connectivity index (χ1n) is 8.33. The van der Waals surface area contributed by atoms with Gasteiger partial charge in [-0.05, 0) is 37.6 Å². The summed E-state index contributed by atoms with van der Waals surface area (Å²) in [6, 6.07) is 4.82. The number of amides is 2. The molecule has 5 nitrogen and oxygen atoms in total. The molecule has 2 amide bonds. The van der Waals surface area contributed by atoms with Gasteiger partial charge in [0.15, 0.2) is 0 Å². The van der Waals surface area contributed by atoms with Gasteiger partial charge in [-0.1, -0.05) is 29.6 Å². The fraction of sp³-hybridized carbons (Fsp3) is 0.529. The summed E-state index contributed by atoms with van der Waals surface area (Å²) >= 11 is 12.0. The summed E-state index contributed by atoms with van der Waals surface area (Å²) < 4.78 is 0. The van der Waals surface area contributed by atoms with E-state index in [1.54, 1.807) is 23.1 Å². The third-order valence-electron chi connectivity index (χ3n) is 4.65. The Kier molecular flexibility index (Phi) is 7.37. The molecule has 1 aromatic carbocycles. The van der Waals surface area contributed by atoms with Crippen molar-refractivity contribution >= 4 is 47.4 Å². The number of piperidine rings is 1. The summed E-state index contributed by atoms with van der Waals surface area (Å²) in [5.41, 5.74) is 0.454. The maximum Gasteiger partial charge on any atom is 0.255 e. The second kappa shape index (κ2) is 9.08. The molecule has 138 valence electrons. The first-order chi connectivity index (χ1) is 11.6. The molecule has 1 atom stereocenters. The van der Waals surface area contributed by atoms with Crippen LogP contribution in [0.4, 0.5) is 0 Å². The molecule has 2 aliphatic heterocycles. The van der Waals surface area contributed by atoms with Gasteiger partial charge in [0.25, 0.3) is 5.91 Å². The van der Waals surface area contributed by atoms with E-state index in [0.29, 0.717) is 41.8 Å². The number of hydrogen-bond acceptors (Lipinski definition) is 3. The largest absolute Gasteiger partial charge is 0.338 e. The van der Waals surface area contributed by atoms with Gasteiger partial charge in [-0.3, -0.25) is 9.59 Å². The average Bonchev–Trinajstić information content (AvgIpc) is 2.61. The van der Waals surface area contributed by atoms with E-state index in [2.05, 4.69) is 5.32 Å². The van der Waals surface area contributed by atoms with Crippen LogP contribution in [-0.2, 0) is 4.79 Å². The predicted molar refractivity (Wildman–Crippen MR) is 102 cm³/mol. The minimum atomic E-state index is -0.112. The van der Waals surface area contributed by atoms with Crippen LogP contribution in [0.5, 0.6) is 0 Å². The van der Waals surface area contributed by atoms with Crippen LogP contribution < -0.4 is 5.32 Å². The van der Waals surface area contributed by atoms with E-state index in [4.69, 9.17) is 23.2 Å². The molecule has 2 saturated heterocycles. The summed E-state index contributed by atoms with van der Waals surface area (Å²) in [6.07, 6.45) is 3.13. The van der Waals surface area contributed by atoms with Gasteiger partial charge in [-0.25, -0.2) is 0 Å². The normalized spacial score (nSPS) is 20.8. The number of piperazine rings is 1. The molecule has 2 aliphatic rings. The third-order valence-corrected chi connectivity index (χ3v) is 5.20. The fourth-order valence-electron chi connectivity index (χ4n) is 3.25. The first-order valence-corrected chi connectivity index (χ1v) is 9.08. The highest BCUT2D eigenvalue weighted by Gasteiger charge is 2.30. The van der Waals surface area contributed by atoms with Crippen LogP contribution in [0.15, 0.2) is 18.2 Å². The minimum absolute atomic E-state index is 0. The minimum Gasteiger partial charge on any atom is -0.338 e. The molecule has 1 unspecified atom stereocenters. The molecule has 0 bridgehead atoms. The molecule has 1 aromatic rings. The van der Waals surface area contributed by atoms with Crippen molar-refractivity contribution in [3.63, 3.8) is 0 Å². The predicted octanol–water partition coefficient (Wildman–Crippen LogP) is 2.84. The van der Waals surface area contributed by atoms with Gasteiger partial charge < -0.3 is 15.1 Å². The maximum atomic E-state index is 12.6. The smallest absolute Gasteiger partial charge is 0.255 e. The van der Waals surface area contributed by atoms with Crippen LogP contribution in [0, 0.1) is 0 Å². The van der Waals surface area contributed by atoms with Gasteiger partial charge in [-0.15, -0.1) is 12.4 Å². The Labute approximate surface area is 164 Å². The summed E-state index contributed by atoms with van der Waals surface area (Å²) in [4.78, 5) is 28.7. The molecular formula is C17H22Cl3N3O2. The highest BCUT2D eigenvalue weighted by Crippen LogP contribution is 2.23. The lowest BCUT2D eigenvalue weighted by Crippen LogP contribution is -2.55. The van der Waals surface area contributed by atoms with Crippen molar-refractivity contribution in [1.29, 1.82) is 0 Å². The molecule has 8 heteroatoms. The van der Waals surface area contributed by atoms with E-state index >= 15 is 0 Å². The van der Waals surface area contributed by atoms with Crippen LogP contribution >= 0.6 is 35.6 Å². The topological polar surface area (TPSA) is 52.7 Å². The Morgan fingerprint density at radius 1 is 1.04 bits per heavy atom. The molecule has 0 radical (unpaired) electrons. The van der Waals surface area contributed by atoms with Crippen LogP contribution in [-0.4, -0.2) is 60.4 Å². The quantitative estimate of drug-likeness (QED) is 0.821. The highest BCUT2D eigenvalue weighted by molar-refractivity contribution is 6.36. The number of benzene rings is 1. The van der Waals surface area contributed by atoms with Gasteiger partial charge in [-0.2, -0.15) is 0 Å². The van der Waals surface area contributed by atoms with Crippen molar-refractivity contribution < 1.29 is 9.59 Å². The third kappa shape index (κ3) is 4.79. The van der Waals surface area contributed by atoms with Gasteiger partial charge in [0, 0.05) is 31.2 Å². The number of rotatable bonds is 2. The van der Waals surface area contributed by atoms with Crippen molar-refractivity contribution in [2.75, 3.05) is 32.7 Å². The van der Waals surface area contributed by atoms with E-state index in [1.165, 1.54) is 0 Å². The van der Waals surface area contributed by atoms with Gasteiger partial charge in [0.05, 0.1) is 16.6 Å². The van der Waals surface area contributed by atoms with E-state index in [-0.39, 0.29) is 30.3 Å². The molecule has 25 heavy (non-hydrogen) atoms. The summed E-state index contributed by atoms with van der Waals surface area (Å²) in [7, 11) is 0. The molecule has 0 saturated carbocycles. The number of carbonyl (C=O) groups is 2. The summed E-state index contributed by atoms with van der Waals surface area (Å²) in [6.45, 7) is 3.08. The Bertz CT molecular complexity index is 628. The van der Waals surface area contributed by atoms with Crippen molar-refractivity contribution in [2.45, 2.75) is 25.3 Å². The number of nitrogens with one attached hydrogen (secondary N) is 1. The Morgan fingerprint density at radius 3 is 2.32 bits per heavy atom. The maximum absolute atomic E-state index is 12.6. The van der Waals surface area contributed by atoms with Crippen molar-refractivity contribution in [3.05, 3.63) is 33.8 Å². The van der Waals surface area contributed by atoms with E-state index in [1.807, 2.05) is 4.90 Å². The average molecular weight is 407 g/mol. The number of carbonyl (C=O) groups excluding carboxylic acids is 2. The van der Waals surface area contributed by atoms with E-state index in [0.717, 1.165) is 25.8 Å².